The Morgan fingerprint density at radius 3 is 2.37 bits per heavy atom. The van der Waals surface area contributed by atoms with Gasteiger partial charge in [-0.2, -0.15) is 4.31 Å². The van der Waals surface area contributed by atoms with E-state index >= 15 is 0 Å². The van der Waals surface area contributed by atoms with Crippen molar-refractivity contribution in [1.29, 1.82) is 0 Å². The molecule has 10 heteroatoms. The van der Waals surface area contributed by atoms with Gasteiger partial charge in [-0.25, -0.2) is 13.4 Å². The van der Waals surface area contributed by atoms with E-state index in [4.69, 9.17) is 9.47 Å². The molecule has 1 fully saturated rings. The van der Waals surface area contributed by atoms with Crippen LogP contribution in [0, 0.1) is 0 Å². The molecule has 0 atom stereocenters. The summed E-state index contributed by atoms with van der Waals surface area (Å²) in [6, 6.07) is 9.54. The van der Waals surface area contributed by atoms with Crippen LogP contribution in [0.3, 0.4) is 0 Å². The molecule has 1 N–H and O–H groups in total. The lowest BCUT2D eigenvalue weighted by molar-refractivity contribution is 0.102. The van der Waals surface area contributed by atoms with E-state index in [1.165, 1.54) is 39.9 Å². The third kappa shape index (κ3) is 3.85. The van der Waals surface area contributed by atoms with E-state index in [0.717, 1.165) is 17.5 Å². The van der Waals surface area contributed by atoms with Crippen molar-refractivity contribution in [3.8, 4) is 11.5 Å². The Balaban J connectivity index is 1.52. The van der Waals surface area contributed by atoms with Gasteiger partial charge in [-0.1, -0.05) is 11.3 Å². The van der Waals surface area contributed by atoms with Gasteiger partial charge in [0, 0.05) is 30.8 Å². The van der Waals surface area contributed by atoms with Gasteiger partial charge in [0.2, 0.25) is 10.0 Å². The summed E-state index contributed by atoms with van der Waals surface area (Å²) in [5, 5.41) is 3.19. The minimum absolute atomic E-state index is 0.0780. The number of rotatable bonds is 7. The summed E-state index contributed by atoms with van der Waals surface area (Å²) in [6.07, 6.45) is 1.77. The number of hydrogen-bond acceptors (Lipinski definition) is 7. The van der Waals surface area contributed by atoms with Crippen molar-refractivity contribution >= 4 is 42.6 Å². The van der Waals surface area contributed by atoms with E-state index in [9.17, 15) is 13.2 Å². The molecule has 1 amide bonds. The number of methoxy groups -OCH3 is 2. The fourth-order valence-corrected chi connectivity index (χ4v) is 5.34. The zero-order chi connectivity index (χ0) is 21.5. The largest absolute Gasteiger partial charge is 0.493 e. The van der Waals surface area contributed by atoms with Crippen LogP contribution in [0.5, 0.6) is 11.5 Å². The molecule has 158 valence electrons. The highest BCUT2D eigenvalue weighted by Gasteiger charge is 2.35. The highest BCUT2D eigenvalue weighted by molar-refractivity contribution is 7.89. The molecule has 8 nitrogen and oxygen atoms in total. The quantitative estimate of drug-likeness (QED) is 0.597. The molecule has 1 aliphatic rings. The van der Waals surface area contributed by atoms with Gasteiger partial charge in [0.1, 0.15) is 0 Å². The normalized spacial score (nSPS) is 14.1. The molecule has 1 aromatic heterocycles. The van der Waals surface area contributed by atoms with Crippen molar-refractivity contribution in [1.82, 2.24) is 9.29 Å². The lowest BCUT2D eigenvalue weighted by Gasteiger charge is -2.16. The number of carbonyl (C=O) groups is 1. The van der Waals surface area contributed by atoms with Gasteiger partial charge in [-0.05, 0) is 37.1 Å². The Morgan fingerprint density at radius 1 is 1.13 bits per heavy atom. The number of ether oxygens (including phenoxy) is 2. The molecule has 0 radical (unpaired) electrons. The van der Waals surface area contributed by atoms with Crippen LogP contribution < -0.4 is 14.8 Å². The number of carbonyl (C=O) groups excluding carboxylic acids is 1. The number of nitrogens with zero attached hydrogens (tertiary/aromatic N) is 2. The van der Waals surface area contributed by atoms with Gasteiger partial charge in [-0.3, -0.25) is 10.1 Å². The van der Waals surface area contributed by atoms with E-state index in [-0.39, 0.29) is 16.8 Å². The monoisotopic (exact) mass is 447 g/mol. The van der Waals surface area contributed by atoms with Gasteiger partial charge in [0.25, 0.3) is 5.91 Å². The molecular formula is C20H21N3O5S2. The standard InChI is InChI=1S/C20H21N3O5S2/c1-23(13-6-7-13)30(25,26)14-8-4-12(5-9-14)19(24)22-20-21-15-10-16(27-2)17(28-3)11-18(15)29-20/h4-5,8-11,13H,6-7H2,1-3H3,(H,21,22,24). The average Bonchev–Trinajstić information content (AvgIpc) is 3.52. The van der Waals surface area contributed by atoms with Crippen LogP contribution in [0.25, 0.3) is 10.2 Å². The zero-order valence-electron chi connectivity index (χ0n) is 16.7. The lowest BCUT2D eigenvalue weighted by atomic mass is 10.2. The first kappa shape index (κ1) is 20.6. The number of hydrogen-bond donors (Lipinski definition) is 1. The molecule has 30 heavy (non-hydrogen) atoms. The molecule has 0 aliphatic heterocycles. The first-order valence-electron chi connectivity index (χ1n) is 9.25. The summed E-state index contributed by atoms with van der Waals surface area (Å²) >= 11 is 1.31. The Morgan fingerprint density at radius 2 is 1.77 bits per heavy atom. The molecular weight excluding hydrogens is 426 g/mol. The number of nitrogens with one attached hydrogen (secondary N) is 1. The van der Waals surface area contributed by atoms with Crippen molar-refractivity contribution < 1.29 is 22.7 Å². The van der Waals surface area contributed by atoms with Crippen molar-refractivity contribution in [3.63, 3.8) is 0 Å². The molecule has 0 spiro atoms. The summed E-state index contributed by atoms with van der Waals surface area (Å²) in [4.78, 5) is 17.2. The summed E-state index contributed by atoms with van der Waals surface area (Å²) in [6.45, 7) is 0. The fraction of sp³-hybridized carbons (Fsp3) is 0.300. The zero-order valence-corrected chi connectivity index (χ0v) is 18.3. The second-order valence-electron chi connectivity index (χ2n) is 6.92. The molecule has 3 aromatic rings. The van der Waals surface area contributed by atoms with E-state index in [2.05, 4.69) is 10.3 Å². The molecule has 2 aromatic carbocycles. The number of sulfonamides is 1. The third-order valence-electron chi connectivity index (χ3n) is 4.97. The van der Waals surface area contributed by atoms with Crippen LogP contribution in [0.2, 0.25) is 0 Å². The second kappa shape index (κ2) is 7.86. The predicted octanol–water partition coefficient (Wildman–Crippen LogP) is 3.35. The molecule has 1 heterocycles. The third-order valence-corrected chi connectivity index (χ3v) is 7.83. The molecule has 4 rings (SSSR count). The van der Waals surface area contributed by atoms with Crippen LogP contribution in [-0.2, 0) is 10.0 Å². The maximum atomic E-state index is 12.6. The topological polar surface area (TPSA) is 97.8 Å². The molecule has 0 unspecified atom stereocenters. The SMILES string of the molecule is COc1cc2nc(NC(=O)c3ccc(S(=O)(=O)N(C)C4CC4)cc3)sc2cc1OC. The first-order valence-corrected chi connectivity index (χ1v) is 11.5. The maximum absolute atomic E-state index is 12.6. The molecule has 0 bridgehead atoms. The fourth-order valence-electron chi connectivity index (χ4n) is 3.06. The number of fused-ring (bicyclic) bond motifs is 1. The van der Waals surface area contributed by atoms with E-state index < -0.39 is 10.0 Å². The molecule has 0 saturated heterocycles. The summed E-state index contributed by atoms with van der Waals surface area (Å²) in [5.41, 5.74) is 1.02. The summed E-state index contributed by atoms with van der Waals surface area (Å²) in [5.74, 6) is 0.771. The van der Waals surface area contributed by atoms with Crippen LogP contribution in [0.1, 0.15) is 23.2 Å². The van der Waals surface area contributed by atoms with Crippen molar-refractivity contribution in [2.45, 2.75) is 23.8 Å². The van der Waals surface area contributed by atoms with Crippen LogP contribution in [-0.4, -0.2) is 50.9 Å². The van der Waals surface area contributed by atoms with Crippen molar-refractivity contribution in [2.75, 3.05) is 26.6 Å². The van der Waals surface area contributed by atoms with E-state index in [1.54, 1.807) is 33.4 Å². The van der Waals surface area contributed by atoms with Crippen LogP contribution in [0.4, 0.5) is 5.13 Å². The average molecular weight is 448 g/mol. The number of thiazole rings is 1. The van der Waals surface area contributed by atoms with E-state index in [0.29, 0.717) is 27.7 Å². The Kier molecular flexibility index (Phi) is 5.39. The second-order valence-corrected chi connectivity index (χ2v) is 9.95. The lowest BCUT2D eigenvalue weighted by Crippen LogP contribution is -2.29. The van der Waals surface area contributed by atoms with Gasteiger partial charge in [0.15, 0.2) is 16.6 Å². The Labute approximate surface area is 178 Å². The number of benzene rings is 2. The smallest absolute Gasteiger partial charge is 0.257 e. The number of aromatic nitrogens is 1. The Bertz CT molecular complexity index is 1160. The van der Waals surface area contributed by atoms with Crippen LogP contribution in [0.15, 0.2) is 41.3 Å². The molecule has 1 aliphatic carbocycles. The maximum Gasteiger partial charge on any atom is 0.257 e. The number of amides is 1. The number of anilines is 1. The summed E-state index contributed by atoms with van der Waals surface area (Å²) in [7, 11) is 1.15. The van der Waals surface area contributed by atoms with Gasteiger partial charge in [-0.15, -0.1) is 0 Å². The van der Waals surface area contributed by atoms with Crippen LogP contribution >= 0.6 is 11.3 Å². The summed E-state index contributed by atoms with van der Waals surface area (Å²) < 4.78 is 38.0. The van der Waals surface area contributed by atoms with Crippen molar-refractivity contribution in [2.24, 2.45) is 0 Å². The first-order chi connectivity index (χ1) is 14.3. The Hall–Kier alpha value is -2.69. The van der Waals surface area contributed by atoms with Gasteiger partial charge < -0.3 is 9.47 Å². The van der Waals surface area contributed by atoms with Gasteiger partial charge >= 0.3 is 0 Å². The van der Waals surface area contributed by atoms with Crippen molar-refractivity contribution in [3.05, 3.63) is 42.0 Å². The highest BCUT2D eigenvalue weighted by Crippen LogP contribution is 2.36. The van der Waals surface area contributed by atoms with E-state index in [1.807, 2.05) is 0 Å². The predicted molar refractivity (Wildman–Crippen MR) is 115 cm³/mol. The van der Waals surface area contributed by atoms with Gasteiger partial charge in [0.05, 0.1) is 29.3 Å². The highest BCUT2D eigenvalue weighted by atomic mass is 32.2. The molecule has 1 saturated carbocycles. The minimum atomic E-state index is -3.54. The minimum Gasteiger partial charge on any atom is -0.493 e.